The molecule has 0 aromatic rings. The normalized spacial score (nSPS) is 36.5. The molecule has 86 valence electrons. The van der Waals surface area contributed by atoms with E-state index in [-0.39, 0.29) is 18.3 Å². The second-order valence-corrected chi connectivity index (χ2v) is 4.35. The highest BCUT2D eigenvalue weighted by Gasteiger charge is 2.55. The second-order valence-electron chi connectivity index (χ2n) is 4.35. The number of hydrogen-bond acceptors (Lipinski definition) is 0. The molecule has 0 nitrogen and oxygen atoms in total. The van der Waals surface area contributed by atoms with E-state index in [2.05, 4.69) is 0 Å². The molecule has 15 heavy (non-hydrogen) atoms. The summed E-state index contributed by atoms with van der Waals surface area (Å²) in [5.41, 5.74) is 0. The molecule has 0 aliphatic heterocycles. The molecule has 0 radical (unpaired) electrons. The molecule has 0 N–H and O–H groups in total. The van der Waals surface area contributed by atoms with Crippen molar-refractivity contribution in [3.05, 3.63) is 12.2 Å². The maximum Gasteiger partial charge on any atom is 0.397 e. The molecule has 0 aromatic heterocycles. The minimum atomic E-state index is -4.78. The first kappa shape index (κ1) is 10.9. The fraction of sp³-hybridized carbons (Fsp3) is 0.800. The van der Waals surface area contributed by atoms with E-state index in [1.54, 1.807) is 6.08 Å². The van der Waals surface area contributed by atoms with Crippen molar-refractivity contribution in [3.8, 4) is 0 Å². The fourth-order valence-corrected chi connectivity index (χ4v) is 2.81. The Hall–Kier alpha value is -0.610. The third kappa shape index (κ3) is 1.88. The first-order valence-corrected chi connectivity index (χ1v) is 4.93. The number of halogens is 5. The molecule has 4 atom stereocenters. The Morgan fingerprint density at radius 1 is 1.07 bits per heavy atom. The smallest absolute Gasteiger partial charge is 0.210 e. The number of rotatable bonds is 2. The van der Waals surface area contributed by atoms with Gasteiger partial charge in [0, 0.05) is 0 Å². The van der Waals surface area contributed by atoms with E-state index < -0.39 is 24.4 Å². The van der Waals surface area contributed by atoms with E-state index in [9.17, 15) is 22.0 Å². The fourth-order valence-electron chi connectivity index (χ4n) is 2.81. The topological polar surface area (TPSA) is 0 Å². The molecule has 0 heterocycles. The first-order valence-electron chi connectivity index (χ1n) is 4.93. The summed E-state index contributed by atoms with van der Waals surface area (Å²) in [6, 6.07) is 0. The van der Waals surface area contributed by atoms with Crippen LogP contribution in [0.2, 0.25) is 0 Å². The Morgan fingerprint density at radius 3 is 2.07 bits per heavy atom. The van der Waals surface area contributed by atoms with Gasteiger partial charge in [0.05, 0.1) is 0 Å². The van der Waals surface area contributed by atoms with Gasteiger partial charge in [0.1, 0.15) is 5.92 Å². The van der Waals surface area contributed by atoms with E-state index in [0.717, 1.165) is 0 Å². The van der Waals surface area contributed by atoms with E-state index in [1.165, 1.54) is 0 Å². The van der Waals surface area contributed by atoms with Gasteiger partial charge in [0.15, 0.2) is 0 Å². The zero-order chi connectivity index (χ0) is 11.2. The van der Waals surface area contributed by atoms with Gasteiger partial charge in [-0.3, -0.25) is 0 Å². The standard InChI is InChI=1S/C10H11F5/c11-9(12)8(10(13,14)15)7-4-5-1-2-6(7)3-5/h1-2,5-9H,3-4H2. The summed E-state index contributed by atoms with van der Waals surface area (Å²) in [7, 11) is 0. The van der Waals surface area contributed by atoms with Crippen LogP contribution in [0.15, 0.2) is 12.2 Å². The number of alkyl halides is 5. The Bertz CT molecular complexity index is 267. The minimum absolute atomic E-state index is 0.0867. The van der Waals surface area contributed by atoms with Crippen LogP contribution in [0, 0.1) is 23.7 Å². The van der Waals surface area contributed by atoms with Crippen LogP contribution in [0.1, 0.15) is 12.8 Å². The number of hydrogen-bond donors (Lipinski definition) is 0. The van der Waals surface area contributed by atoms with E-state index in [0.29, 0.717) is 6.42 Å². The van der Waals surface area contributed by atoms with Crippen LogP contribution in [-0.4, -0.2) is 12.6 Å². The van der Waals surface area contributed by atoms with Crippen molar-refractivity contribution in [2.75, 3.05) is 0 Å². The lowest BCUT2D eigenvalue weighted by atomic mass is 9.82. The lowest BCUT2D eigenvalue weighted by Gasteiger charge is -2.29. The molecule has 2 rings (SSSR count). The van der Waals surface area contributed by atoms with Gasteiger partial charge in [0.25, 0.3) is 0 Å². The molecule has 0 spiro atoms. The molecular formula is C10H11F5. The van der Waals surface area contributed by atoms with Gasteiger partial charge in [0.2, 0.25) is 6.43 Å². The summed E-state index contributed by atoms with van der Waals surface area (Å²) in [5, 5.41) is 0. The predicted octanol–water partition coefficient (Wildman–Crippen LogP) is 3.64. The summed E-state index contributed by atoms with van der Waals surface area (Å²) < 4.78 is 62.2. The van der Waals surface area contributed by atoms with Gasteiger partial charge in [-0.1, -0.05) is 12.2 Å². The van der Waals surface area contributed by atoms with Crippen LogP contribution in [0.25, 0.3) is 0 Å². The van der Waals surface area contributed by atoms with Crippen LogP contribution in [-0.2, 0) is 0 Å². The lowest BCUT2D eigenvalue weighted by molar-refractivity contribution is -0.224. The molecule has 1 saturated carbocycles. The Kier molecular flexibility index (Phi) is 2.51. The molecule has 2 bridgehead atoms. The molecule has 5 heteroatoms. The summed E-state index contributed by atoms with van der Waals surface area (Å²) in [5.74, 6) is -3.57. The average molecular weight is 226 g/mol. The van der Waals surface area contributed by atoms with Crippen LogP contribution >= 0.6 is 0 Å². The highest BCUT2D eigenvalue weighted by atomic mass is 19.4. The van der Waals surface area contributed by atoms with Gasteiger partial charge in [-0.05, 0) is 30.6 Å². The maximum atomic E-state index is 12.4. The van der Waals surface area contributed by atoms with Crippen molar-refractivity contribution in [1.29, 1.82) is 0 Å². The summed E-state index contributed by atoms with van der Waals surface area (Å²) in [6.07, 6.45) is -3.70. The molecular weight excluding hydrogens is 215 g/mol. The van der Waals surface area contributed by atoms with Crippen molar-refractivity contribution in [3.63, 3.8) is 0 Å². The van der Waals surface area contributed by atoms with E-state index in [1.807, 2.05) is 6.08 Å². The minimum Gasteiger partial charge on any atom is -0.210 e. The van der Waals surface area contributed by atoms with Gasteiger partial charge in [-0.15, -0.1) is 0 Å². The van der Waals surface area contributed by atoms with Crippen molar-refractivity contribution < 1.29 is 22.0 Å². The predicted molar refractivity (Wildman–Crippen MR) is 44.4 cm³/mol. The molecule has 1 fully saturated rings. The number of allylic oxidation sites excluding steroid dienone is 2. The highest BCUT2D eigenvalue weighted by Crippen LogP contribution is 2.52. The zero-order valence-electron chi connectivity index (χ0n) is 7.85. The maximum absolute atomic E-state index is 12.4. The quantitative estimate of drug-likeness (QED) is 0.498. The second kappa shape index (κ2) is 3.46. The summed E-state index contributed by atoms with van der Waals surface area (Å²) >= 11 is 0. The van der Waals surface area contributed by atoms with Gasteiger partial charge in [-0.25, -0.2) is 8.78 Å². The molecule has 4 unspecified atom stereocenters. The molecule has 0 amide bonds. The van der Waals surface area contributed by atoms with Crippen LogP contribution in [0.4, 0.5) is 22.0 Å². The van der Waals surface area contributed by atoms with E-state index in [4.69, 9.17) is 0 Å². The molecule has 2 aliphatic carbocycles. The third-order valence-electron chi connectivity index (χ3n) is 3.44. The number of fused-ring (bicyclic) bond motifs is 2. The zero-order valence-corrected chi connectivity index (χ0v) is 7.85. The monoisotopic (exact) mass is 226 g/mol. The molecule has 0 aromatic carbocycles. The summed E-state index contributed by atoms with van der Waals surface area (Å²) in [4.78, 5) is 0. The third-order valence-corrected chi connectivity index (χ3v) is 3.44. The van der Waals surface area contributed by atoms with Crippen LogP contribution < -0.4 is 0 Å². The van der Waals surface area contributed by atoms with Gasteiger partial charge in [-0.2, -0.15) is 13.2 Å². The van der Waals surface area contributed by atoms with Gasteiger partial charge < -0.3 is 0 Å². The lowest BCUT2D eigenvalue weighted by Crippen LogP contribution is -2.37. The Labute approximate surface area is 84.2 Å². The van der Waals surface area contributed by atoms with Gasteiger partial charge >= 0.3 is 6.18 Å². The summed E-state index contributed by atoms with van der Waals surface area (Å²) in [6.45, 7) is 0. The molecule has 0 saturated heterocycles. The average Bonchev–Trinajstić information content (AvgIpc) is 2.60. The largest absolute Gasteiger partial charge is 0.397 e. The SMILES string of the molecule is FC(F)C(C1CC2C=CC1C2)C(F)(F)F. The Morgan fingerprint density at radius 2 is 1.73 bits per heavy atom. The van der Waals surface area contributed by atoms with Crippen molar-refractivity contribution >= 4 is 0 Å². The van der Waals surface area contributed by atoms with Crippen molar-refractivity contribution in [2.24, 2.45) is 23.7 Å². The Balaban J connectivity index is 2.16. The van der Waals surface area contributed by atoms with E-state index >= 15 is 0 Å². The van der Waals surface area contributed by atoms with Crippen LogP contribution in [0.5, 0.6) is 0 Å². The van der Waals surface area contributed by atoms with Crippen molar-refractivity contribution in [1.82, 2.24) is 0 Å². The van der Waals surface area contributed by atoms with Crippen molar-refractivity contribution in [2.45, 2.75) is 25.4 Å². The van der Waals surface area contributed by atoms with Crippen LogP contribution in [0.3, 0.4) is 0 Å². The molecule has 2 aliphatic rings. The first-order chi connectivity index (χ1) is 6.89. The highest BCUT2D eigenvalue weighted by molar-refractivity contribution is 5.11.